The van der Waals surface area contributed by atoms with E-state index in [0.29, 0.717) is 0 Å². The van der Waals surface area contributed by atoms with Crippen LogP contribution in [0.25, 0.3) is 0 Å². The van der Waals surface area contributed by atoms with Gasteiger partial charge in [-0.2, -0.15) is 0 Å². The zero-order valence-corrected chi connectivity index (χ0v) is 15.7. The van der Waals surface area contributed by atoms with Gasteiger partial charge < -0.3 is 0 Å². The maximum absolute atomic E-state index is 4.21. The molecule has 2 nitrogen and oxygen atoms in total. The van der Waals surface area contributed by atoms with Crippen molar-refractivity contribution < 1.29 is 0 Å². The van der Waals surface area contributed by atoms with E-state index < -0.39 is 0 Å². The fraction of sp³-hybridized carbons (Fsp3) is 0.857. The van der Waals surface area contributed by atoms with Crippen LogP contribution in [0.3, 0.4) is 0 Å². The van der Waals surface area contributed by atoms with E-state index in [2.05, 4.69) is 28.8 Å². The Morgan fingerprint density at radius 2 is 1.50 bits per heavy atom. The van der Waals surface area contributed by atoms with E-state index in [-0.39, 0.29) is 0 Å². The standard InChI is InChI=1S/C14H26N2S4/c1-2-3-4-5-6-7-8-9-10-11-12-13-15-16-14(18-13)19-20-17/h17H,2-12H2,1H3. The maximum Gasteiger partial charge on any atom is 0.185 e. The third-order valence-corrected chi connectivity index (χ3v) is 6.56. The molecule has 0 spiro atoms. The molecular formula is C14H26N2S4. The molecule has 0 atom stereocenters. The minimum atomic E-state index is 1.02. The van der Waals surface area contributed by atoms with E-state index >= 15 is 0 Å². The van der Waals surface area contributed by atoms with Crippen LogP contribution in [0, 0.1) is 0 Å². The van der Waals surface area contributed by atoms with Gasteiger partial charge in [0.05, 0.1) is 0 Å². The van der Waals surface area contributed by atoms with Crippen LogP contribution in [0.4, 0.5) is 0 Å². The van der Waals surface area contributed by atoms with Crippen molar-refractivity contribution in [2.24, 2.45) is 0 Å². The molecule has 0 amide bonds. The normalized spacial score (nSPS) is 11.1. The molecule has 0 fully saturated rings. The molecule has 1 aromatic rings. The van der Waals surface area contributed by atoms with Crippen LogP contribution in [0.5, 0.6) is 0 Å². The Balaban J connectivity index is 1.89. The summed E-state index contributed by atoms with van der Waals surface area (Å²) in [5.74, 6) is 0. The van der Waals surface area contributed by atoms with Crippen molar-refractivity contribution in [3.63, 3.8) is 0 Å². The summed E-state index contributed by atoms with van der Waals surface area (Å²) in [5, 5.41) is 9.52. The summed E-state index contributed by atoms with van der Waals surface area (Å²) in [7, 11) is 3.01. The lowest BCUT2D eigenvalue weighted by atomic mass is 10.1. The van der Waals surface area contributed by atoms with Crippen LogP contribution in [0.1, 0.15) is 76.1 Å². The molecule has 0 radical (unpaired) electrons. The lowest BCUT2D eigenvalue weighted by molar-refractivity contribution is 0.556. The molecule has 0 N–H and O–H groups in total. The van der Waals surface area contributed by atoms with E-state index in [1.54, 1.807) is 22.1 Å². The average molecular weight is 351 g/mol. The summed E-state index contributed by atoms with van der Waals surface area (Å²) in [4.78, 5) is 0. The Kier molecular flexibility index (Phi) is 12.4. The third kappa shape index (κ3) is 9.53. The average Bonchev–Trinajstić information content (AvgIpc) is 2.89. The molecule has 1 aromatic heterocycles. The largest absolute Gasteiger partial charge is 0.185 e. The molecule has 20 heavy (non-hydrogen) atoms. The number of rotatable bonds is 13. The predicted molar refractivity (Wildman–Crippen MR) is 97.9 cm³/mol. The van der Waals surface area contributed by atoms with E-state index in [9.17, 15) is 0 Å². The first-order valence-electron chi connectivity index (χ1n) is 7.67. The van der Waals surface area contributed by atoms with E-state index in [1.165, 1.54) is 79.0 Å². The zero-order chi connectivity index (χ0) is 14.5. The molecule has 0 unspecified atom stereocenters. The van der Waals surface area contributed by atoms with Gasteiger partial charge in [-0.15, -0.1) is 10.2 Å². The summed E-state index contributed by atoms with van der Waals surface area (Å²) >= 11 is 5.81. The van der Waals surface area contributed by atoms with Gasteiger partial charge in [-0.25, -0.2) is 0 Å². The Bertz CT molecular complexity index is 331. The summed E-state index contributed by atoms with van der Waals surface area (Å²) in [6.07, 6.45) is 14.9. The molecule has 0 aromatic carbocycles. The lowest BCUT2D eigenvalue weighted by Crippen LogP contribution is -1.86. The number of thiol groups is 1. The minimum Gasteiger partial charge on any atom is -0.143 e. The fourth-order valence-corrected chi connectivity index (χ4v) is 5.34. The SMILES string of the molecule is CCCCCCCCCCCCc1nnc(SSS)s1. The summed E-state index contributed by atoms with van der Waals surface area (Å²) < 4.78 is 1.02. The van der Waals surface area contributed by atoms with Gasteiger partial charge in [-0.05, 0) is 27.0 Å². The van der Waals surface area contributed by atoms with Crippen LogP contribution in [0.15, 0.2) is 4.34 Å². The highest BCUT2D eigenvalue weighted by Crippen LogP contribution is 2.35. The first-order valence-corrected chi connectivity index (χ1v) is 11.7. The number of aromatic nitrogens is 2. The van der Waals surface area contributed by atoms with Crippen molar-refractivity contribution >= 4 is 43.6 Å². The Morgan fingerprint density at radius 3 is 2.10 bits per heavy atom. The van der Waals surface area contributed by atoms with Gasteiger partial charge in [0, 0.05) is 6.42 Å². The zero-order valence-electron chi connectivity index (χ0n) is 12.3. The third-order valence-electron chi connectivity index (χ3n) is 3.30. The van der Waals surface area contributed by atoms with Gasteiger partial charge in [0.2, 0.25) is 0 Å². The molecule has 0 saturated heterocycles. The highest BCUT2D eigenvalue weighted by molar-refractivity contribution is 9.05. The maximum atomic E-state index is 4.21. The molecular weight excluding hydrogens is 324 g/mol. The first-order chi connectivity index (χ1) is 9.86. The predicted octanol–water partition coefficient (Wildman–Crippen LogP) is 6.59. The Morgan fingerprint density at radius 1 is 0.900 bits per heavy atom. The molecule has 0 aliphatic rings. The van der Waals surface area contributed by atoms with E-state index in [4.69, 9.17) is 0 Å². The molecule has 116 valence electrons. The van der Waals surface area contributed by atoms with Crippen LogP contribution in [-0.2, 0) is 6.42 Å². The number of hydrogen-bond acceptors (Lipinski definition) is 6. The second-order valence-corrected chi connectivity index (χ2v) is 9.36. The van der Waals surface area contributed by atoms with Gasteiger partial charge in [-0.1, -0.05) is 87.7 Å². The number of unbranched alkanes of at least 4 members (excludes halogenated alkanes) is 9. The van der Waals surface area contributed by atoms with Crippen molar-refractivity contribution in [1.29, 1.82) is 0 Å². The molecule has 1 rings (SSSR count). The minimum absolute atomic E-state index is 1.02. The highest BCUT2D eigenvalue weighted by Gasteiger charge is 2.04. The van der Waals surface area contributed by atoms with Crippen molar-refractivity contribution in [3.05, 3.63) is 5.01 Å². The van der Waals surface area contributed by atoms with Crippen molar-refractivity contribution in [1.82, 2.24) is 10.2 Å². The molecule has 0 aliphatic heterocycles. The van der Waals surface area contributed by atoms with Crippen LogP contribution in [0.2, 0.25) is 0 Å². The van der Waals surface area contributed by atoms with Gasteiger partial charge in [0.25, 0.3) is 0 Å². The van der Waals surface area contributed by atoms with Gasteiger partial charge >= 0.3 is 0 Å². The summed E-state index contributed by atoms with van der Waals surface area (Å²) in [6.45, 7) is 2.27. The van der Waals surface area contributed by atoms with E-state index in [0.717, 1.165) is 10.8 Å². The lowest BCUT2D eigenvalue weighted by Gasteiger charge is -2.01. The first kappa shape index (κ1) is 18.7. The Hall–Kier alpha value is 0.610. The topological polar surface area (TPSA) is 25.8 Å². The summed E-state index contributed by atoms with van der Waals surface area (Å²) in [6, 6.07) is 0. The second kappa shape index (κ2) is 13.3. The van der Waals surface area contributed by atoms with Gasteiger partial charge in [0.1, 0.15) is 5.01 Å². The quantitative estimate of drug-likeness (QED) is 0.246. The van der Waals surface area contributed by atoms with Crippen molar-refractivity contribution in [2.75, 3.05) is 0 Å². The number of nitrogens with zero attached hydrogens (tertiary/aromatic N) is 2. The number of hydrogen-bond donors (Lipinski definition) is 1. The van der Waals surface area contributed by atoms with Gasteiger partial charge in [-0.3, -0.25) is 0 Å². The van der Waals surface area contributed by atoms with Crippen molar-refractivity contribution in [3.8, 4) is 0 Å². The summed E-state index contributed by atoms with van der Waals surface area (Å²) in [5.41, 5.74) is 0. The monoisotopic (exact) mass is 350 g/mol. The molecule has 0 saturated carbocycles. The van der Waals surface area contributed by atoms with Crippen molar-refractivity contribution in [2.45, 2.75) is 81.9 Å². The molecule has 0 aliphatic carbocycles. The fourth-order valence-electron chi connectivity index (χ4n) is 2.17. The Labute approximate surface area is 140 Å². The molecule has 1 heterocycles. The highest BCUT2D eigenvalue weighted by atomic mass is 33.5. The molecule has 6 heteroatoms. The molecule has 0 bridgehead atoms. The van der Waals surface area contributed by atoms with Crippen LogP contribution in [-0.4, -0.2) is 10.2 Å². The second-order valence-electron chi connectivity index (χ2n) is 5.05. The smallest absolute Gasteiger partial charge is 0.143 e. The van der Waals surface area contributed by atoms with Gasteiger partial charge in [0.15, 0.2) is 4.34 Å². The van der Waals surface area contributed by atoms with E-state index in [1.807, 2.05) is 0 Å². The van der Waals surface area contributed by atoms with Crippen LogP contribution < -0.4 is 0 Å². The van der Waals surface area contributed by atoms with Crippen LogP contribution >= 0.6 is 43.6 Å². The number of aryl methyl sites for hydroxylation is 1.